The number of hydroxylamine groups is 1. The zero-order chi connectivity index (χ0) is 17.0. The summed E-state index contributed by atoms with van der Waals surface area (Å²) in [6, 6.07) is 2.07. The van der Waals surface area contributed by atoms with Crippen molar-refractivity contribution in [1.29, 1.82) is 0 Å². The Labute approximate surface area is 126 Å². The highest BCUT2D eigenvalue weighted by Gasteiger charge is 2.32. The van der Waals surface area contributed by atoms with Gasteiger partial charge in [-0.3, -0.25) is 19.5 Å². The van der Waals surface area contributed by atoms with Gasteiger partial charge in [-0.05, 0) is 13.0 Å². The topological polar surface area (TPSA) is 75.6 Å². The van der Waals surface area contributed by atoms with Gasteiger partial charge in [-0.25, -0.2) is 9.69 Å². The van der Waals surface area contributed by atoms with Gasteiger partial charge in [0.2, 0.25) is 5.96 Å². The Hall–Kier alpha value is -1.81. The number of halogens is 3. The fourth-order valence-corrected chi connectivity index (χ4v) is 2.69. The van der Waals surface area contributed by atoms with E-state index in [1.807, 2.05) is 0 Å². The number of aliphatic imine (C=N–C) groups is 1. The predicted molar refractivity (Wildman–Crippen MR) is 79.7 cm³/mol. The zero-order valence-corrected chi connectivity index (χ0v) is 13.3. The van der Waals surface area contributed by atoms with Crippen molar-refractivity contribution in [3.8, 4) is 0 Å². The van der Waals surface area contributed by atoms with Gasteiger partial charge in [0.15, 0.2) is 0 Å². The molecule has 0 saturated heterocycles. The summed E-state index contributed by atoms with van der Waals surface area (Å²) in [5.74, 6) is 0.134. The highest BCUT2D eigenvalue weighted by Crippen LogP contribution is 2.27. The monoisotopic (exact) mass is 338 g/mol. The minimum atomic E-state index is -4.51. The van der Waals surface area contributed by atoms with Crippen LogP contribution in [0.1, 0.15) is 18.2 Å². The first-order valence-corrected chi connectivity index (χ1v) is 7.98. The van der Waals surface area contributed by atoms with E-state index >= 15 is 0 Å². The van der Waals surface area contributed by atoms with Crippen molar-refractivity contribution in [2.45, 2.75) is 13.1 Å². The molecule has 2 N–H and O–H groups in total. The molecular weight excluding hydrogens is 321 g/mol. The second-order valence-electron chi connectivity index (χ2n) is 4.31. The molecule has 0 aliphatic carbocycles. The lowest BCUT2D eigenvalue weighted by Crippen LogP contribution is -2.41. The van der Waals surface area contributed by atoms with E-state index in [1.54, 1.807) is 6.92 Å². The average molecular weight is 338 g/mol. The van der Waals surface area contributed by atoms with Gasteiger partial charge in [-0.1, -0.05) is 6.07 Å². The summed E-state index contributed by atoms with van der Waals surface area (Å²) in [6.07, 6.45) is -2.07. The van der Waals surface area contributed by atoms with Gasteiger partial charge in [0.1, 0.15) is 5.69 Å². The molecular formula is C12H17F3N4O2S. The van der Waals surface area contributed by atoms with Gasteiger partial charge >= 0.3 is 6.18 Å². The molecule has 0 amide bonds. The van der Waals surface area contributed by atoms with E-state index in [2.05, 4.69) is 25.0 Å². The van der Waals surface area contributed by atoms with Crippen molar-refractivity contribution >= 4 is 20.5 Å². The lowest BCUT2D eigenvalue weighted by molar-refractivity contribution is -0.141. The van der Waals surface area contributed by atoms with Crippen LogP contribution in [0.2, 0.25) is 0 Å². The van der Waals surface area contributed by atoms with Crippen LogP contribution in [-0.2, 0) is 20.7 Å². The standard InChI is InChI=1S/C12H17F3N4O2S/c1-8(22(4,20)19-11(16-2)18-21-3)9-5-6-10(17-7-9)12(13,14)15/h5-7H,1-4H3,(H2,16,18,19,20). The van der Waals surface area contributed by atoms with Crippen LogP contribution in [0, 0.1) is 0 Å². The molecule has 0 aliphatic rings. The van der Waals surface area contributed by atoms with Crippen LogP contribution in [0.5, 0.6) is 0 Å². The fraction of sp³-hybridized carbons (Fsp3) is 0.417. The second-order valence-corrected chi connectivity index (χ2v) is 6.81. The Morgan fingerprint density at radius 1 is 1.41 bits per heavy atom. The number of guanidine groups is 1. The lowest BCUT2D eigenvalue weighted by Gasteiger charge is -2.15. The molecule has 1 aromatic rings. The molecule has 1 rings (SSSR count). The summed E-state index contributed by atoms with van der Waals surface area (Å²) in [7, 11) is 0.0460. The molecule has 0 fully saturated rings. The Balaban J connectivity index is 3.15. The highest BCUT2D eigenvalue weighted by molar-refractivity contribution is 8.00. The van der Waals surface area contributed by atoms with Crippen molar-refractivity contribution in [2.24, 2.45) is 4.99 Å². The first-order chi connectivity index (χ1) is 10.1. The third-order valence-electron chi connectivity index (χ3n) is 2.76. The van der Waals surface area contributed by atoms with Gasteiger partial charge in [-0.15, -0.1) is 0 Å². The summed E-state index contributed by atoms with van der Waals surface area (Å²) in [6.45, 7) is 1.54. The first-order valence-electron chi connectivity index (χ1n) is 6.01. The highest BCUT2D eigenvalue weighted by atomic mass is 32.2. The van der Waals surface area contributed by atoms with Crippen molar-refractivity contribution < 1.29 is 22.2 Å². The molecule has 10 heteroatoms. The largest absolute Gasteiger partial charge is 0.433 e. The Morgan fingerprint density at radius 3 is 2.45 bits per heavy atom. The number of aromatic nitrogens is 1. The van der Waals surface area contributed by atoms with Gasteiger partial charge in [0.25, 0.3) is 0 Å². The number of nitrogens with zero attached hydrogens (tertiary/aromatic N) is 2. The number of pyridine rings is 1. The summed E-state index contributed by atoms with van der Waals surface area (Å²) >= 11 is 0. The van der Waals surface area contributed by atoms with Crippen LogP contribution in [0.4, 0.5) is 13.2 Å². The molecule has 0 aliphatic heterocycles. The van der Waals surface area contributed by atoms with Gasteiger partial charge in [0, 0.05) is 29.9 Å². The molecule has 0 saturated carbocycles. The maximum absolute atomic E-state index is 12.6. The average Bonchev–Trinajstić information content (AvgIpc) is 2.45. The SMILES string of the molecule is CN=C(NOC)NS(C)(=O)=C(C)c1ccc(C(F)(F)F)nc1. The normalized spacial score (nSPS) is 15.1. The van der Waals surface area contributed by atoms with Crippen LogP contribution in [0.15, 0.2) is 23.3 Å². The smallest absolute Gasteiger partial charge is 0.281 e. The van der Waals surface area contributed by atoms with E-state index < -0.39 is 21.6 Å². The van der Waals surface area contributed by atoms with Gasteiger partial charge in [0.05, 0.1) is 16.8 Å². The zero-order valence-electron chi connectivity index (χ0n) is 12.5. The molecule has 124 valence electrons. The van der Waals surface area contributed by atoms with E-state index in [1.165, 1.54) is 26.5 Å². The van der Waals surface area contributed by atoms with Crippen LogP contribution in [0.25, 0.3) is 0 Å². The molecule has 1 heterocycles. The lowest BCUT2D eigenvalue weighted by atomic mass is 10.2. The first kappa shape index (κ1) is 18.2. The van der Waals surface area contributed by atoms with Crippen LogP contribution >= 0.6 is 0 Å². The molecule has 22 heavy (non-hydrogen) atoms. The molecule has 0 spiro atoms. The summed E-state index contributed by atoms with van der Waals surface area (Å²) < 4.78 is 52.7. The van der Waals surface area contributed by atoms with Crippen molar-refractivity contribution in [1.82, 2.24) is 15.2 Å². The molecule has 0 aromatic carbocycles. The molecule has 6 nitrogen and oxygen atoms in total. The second kappa shape index (κ2) is 6.97. The maximum Gasteiger partial charge on any atom is 0.433 e. The summed E-state index contributed by atoms with van der Waals surface area (Å²) in [5.41, 5.74) is 1.74. The minimum Gasteiger partial charge on any atom is -0.281 e. The third kappa shape index (κ3) is 4.60. The number of hydrogen-bond donors (Lipinski definition) is 2. The van der Waals surface area contributed by atoms with E-state index in [0.717, 1.165) is 12.3 Å². The van der Waals surface area contributed by atoms with Crippen molar-refractivity contribution in [3.05, 3.63) is 29.6 Å². The quantitative estimate of drug-likeness (QED) is 0.285. The Bertz CT molecular complexity index is 662. The van der Waals surface area contributed by atoms with Crippen molar-refractivity contribution in [2.75, 3.05) is 20.4 Å². The molecule has 0 bridgehead atoms. The Morgan fingerprint density at radius 2 is 2.05 bits per heavy atom. The fourth-order valence-electron chi connectivity index (χ4n) is 1.46. The minimum absolute atomic E-state index is 0.134. The number of hydrogen-bond acceptors (Lipinski definition) is 4. The van der Waals surface area contributed by atoms with E-state index in [-0.39, 0.29) is 5.96 Å². The van der Waals surface area contributed by atoms with Crippen molar-refractivity contribution in [3.63, 3.8) is 0 Å². The van der Waals surface area contributed by atoms with E-state index in [4.69, 9.17) is 0 Å². The van der Waals surface area contributed by atoms with Gasteiger partial charge in [-0.2, -0.15) is 13.2 Å². The maximum atomic E-state index is 12.6. The predicted octanol–water partition coefficient (Wildman–Crippen LogP) is 1.20. The number of rotatable bonds is 3. The summed E-state index contributed by atoms with van der Waals surface area (Å²) in [4.78, 5) is 12.2. The molecule has 1 atom stereocenters. The molecule has 1 aromatic heterocycles. The third-order valence-corrected chi connectivity index (χ3v) is 4.75. The number of nitrogens with one attached hydrogen (secondary N) is 2. The van der Waals surface area contributed by atoms with E-state index in [0.29, 0.717) is 10.4 Å². The Kier molecular flexibility index (Phi) is 5.78. The summed E-state index contributed by atoms with van der Waals surface area (Å²) in [5, 5.41) is 0. The molecule has 0 radical (unpaired) electrons. The molecule has 1 unspecified atom stereocenters. The van der Waals surface area contributed by atoms with E-state index in [9.17, 15) is 17.4 Å². The van der Waals surface area contributed by atoms with Crippen LogP contribution in [-0.4, -0.2) is 40.4 Å². The van der Waals surface area contributed by atoms with Crippen LogP contribution < -0.4 is 10.2 Å². The number of alkyl halides is 3. The van der Waals surface area contributed by atoms with Gasteiger partial charge < -0.3 is 0 Å². The van der Waals surface area contributed by atoms with Crippen LogP contribution in [0.3, 0.4) is 0 Å².